The third-order valence-electron chi connectivity index (χ3n) is 6.50. The van der Waals surface area contributed by atoms with Crippen molar-refractivity contribution in [2.45, 2.75) is 90.3 Å². The highest BCUT2D eigenvalue weighted by Gasteiger charge is 2.26. The molecule has 9 heteroatoms. The Morgan fingerprint density at radius 3 is 1.41 bits per heavy atom. The number of hydrogen-bond acceptors (Lipinski definition) is 7. The summed E-state index contributed by atoms with van der Waals surface area (Å²) in [4.78, 5) is 10.4. The first-order chi connectivity index (χ1) is 20.0. The van der Waals surface area contributed by atoms with Gasteiger partial charge in [-0.1, -0.05) is 102 Å². The van der Waals surface area contributed by atoms with Crippen LogP contribution < -0.4 is 9.47 Å². The molecule has 8 nitrogen and oxygen atoms in total. The number of ether oxygens (including phenoxy) is 4. The first-order valence-electron chi connectivity index (χ1n) is 15.2. The van der Waals surface area contributed by atoms with E-state index in [2.05, 4.69) is 13.8 Å². The van der Waals surface area contributed by atoms with Crippen LogP contribution in [0.3, 0.4) is 0 Å². The van der Waals surface area contributed by atoms with Crippen LogP contribution in [0.1, 0.15) is 78.1 Å². The van der Waals surface area contributed by atoms with E-state index in [-0.39, 0.29) is 25.4 Å². The maximum atomic E-state index is 12.8. The smallest absolute Gasteiger partial charge is 0.472 e. The molecule has 0 fully saturated rings. The van der Waals surface area contributed by atoms with Crippen molar-refractivity contribution < 1.29 is 37.5 Å². The van der Waals surface area contributed by atoms with E-state index in [4.69, 9.17) is 28.0 Å². The molecule has 2 aromatic rings. The van der Waals surface area contributed by atoms with E-state index in [9.17, 15) is 9.46 Å². The van der Waals surface area contributed by atoms with Gasteiger partial charge in [-0.2, -0.15) is 0 Å². The van der Waals surface area contributed by atoms with Crippen LogP contribution in [0.15, 0.2) is 60.7 Å². The van der Waals surface area contributed by atoms with Crippen molar-refractivity contribution in [2.75, 3.05) is 39.6 Å². The Morgan fingerprint density at radius 1 is 0.610 bits per heavy atom. The van der Waals surface area contributed by atoms with Crippen LogP contribution in [0.5, 0.6) is 11.5 Å². The summed E-state index contributed by atoms with van der Waals surface area (Å²) in [5, 5.41) is 0. The van der Waals surface area contributed by atoms with E-state index in [0.717, 1.165) is 75.7 Å². The fraction of sp³-hybridized carbons (Fsp3) is 0.625. The molecule has 0 radical (unpaired) electrons. The second kappa shape index (κ2) is 22.6. The molecule has 0 heterocycles. The molecular formula is C32H51O8P. The first kappa shape index (κ1) is 35.3. The minimum absolute atomic E-state index is 0.0296. The van der Waals surface area contributed by atoms with Gasteiger partial charge >= 0.3 is 7.82 Å². The molecule has 0 spiro atoms. The number of phosphoric ester groups is 1. The highest BCUT2D eigenvalue weighted by Crippen LogP contribution is 2.44. The topological polar surface area (TPSA) is 92.7 Å². The Balaban J connectivity index is 1.78. The molecule has 2 aromatic carbocycles. The lowest BCUT2D eigenvalue weighted by atomic mass is 10.1. The van der Waals surface area contributed by atoms with Gasteiger partial charge in [-0.05, 0) is 37.1 Å². The quantitative estimate of drug-likeness (QED) is 0.0865. The molecule has 232 valence electrons. The number of rotatable bonds is 26. The number of unbranched alkanes of at least 4 members (excludes halogenated alkanes) is 6. The molecule has 0 saturated heterocycles. The third kappa shape index (κ3) is 18.3. The zero-order valence-corrected chi connectivity index (χ0v) is 25.9. The lowest BCUT2D eigenvalue weighted by Crippen LogP contribution is -2.24. The summed E-state index contributed by atoms with van der Waals surface area (Å²) in [6, 6.07) is 19.1. The molecule has 41 heavy (non-hydrogen) atoms. The van der Waals surface area contributed by atoms with Crippen molar-refractivity contribution in [3.8, 4) is 11.5 Å². The average molecular weight is 595 g/mol. The van der Waals surface area contributed by atoms with Gasteiger partial charge in [0.15, 0.2) is 0 Å². The van der Waals surface area contributed by atoms with Crippen LogP contribution in [-0.4, -0.2) is 56.7 Å². The second-order valence-electron chi connectivity index (χ2n) is 10.1. The van der Waals surface area contributed by atoms with E-state index >= 15 is 0 Å². The lowest BCUT2D eigenvalue weighted by Gasteiger charge is -2.22. The summed E-state index contributed by atoms with van der Waals surface area (Å²) in [6.45, 7) is 5.74. The largest absolute Gasteiger partial charge is 0.491 e. The minimum Gasteiger partial charge on any atom is -0.491 e. The summed E-state index contributed by atoms with van der Waals surface area (Å²) < 4.78 is 46.9. The fourth-order valence-electron chi connectivity index (χ4n) is 4.20. The molecule has 2 atom stereocenters. The van der Waals surface area contributed by atoms with E-state index in [1.165, 1.54) is 0 Å². The summed E-state index contributed by atoms with van der Waals surface area (Å²) >= 11 is 0. The Bertz CT molecular complexity index is 843. The van der Waals surface area contributed by atoms with Crippen molar-refractivity contribution in [3.05, 3.63) is 60.7 Å². The van der Waals surface area contributed by atoms with Crippen molar-refractivity contribution in [1.82, 2.24) is 0 Å². The van der Waals surface area contributed by atoms with Gasteiger partial charge in [0.25, 0.3) is 0 Å². The van der Waals surface area contributed by atoms with Gasteiger partial charge in [0.2, 0.25) is 0 Å². The van der Waals surface area contributed by atoms with E-state index in [0.29, 0.717) is 26.4 Å². The minimum atomic E-state index is -4.29. The van der Waals surface area contributed by atoms with Gasteiger partial charge in [-0.3, -0.25) is 9.05 Å². The third-order valence-corrected chi connectivity index (χ3v) is 7.45. The molecule has 0 aliphatic rings. The highest BCUT2D eigenvalue weighted by molar-refractivity contribution is 7.47. The molecule has 2 unspecified atom stereocenters. The van der Waals surface area contributed by atoms with Gasteiger partial charge in [-0.15, -0.1) is 0 Å². The second-order valence-corrected chi connectivity index (χ2v) is 11.5. The monoisotopic (exact) mass is 594 g/mol. The highest BCUT2D eigenvalue weighted by atomic mass is 31.2. The fourth-order valence-corrected chi connectivity index (χ4v) is 4.98. The number of para-hydroxylation sites is 2. The Labute approximate surface area is 247 Å². The van der Waals surface area contributed by atoms with Crippen LogP contribution in [0.2, 0.25) is 0 Å². The normalized spacial score (nSPS) is 14.3. The van der Waals surface area contributed by atoms with Gasteiger partial charge < -0.3 is 23.8 Å². The van der Waals surface area contributed by atoms with Crippen molar-refractivity contribution in [3.63, 3.8) is 0 Å². The molecule has 0 amide bonds. The maximum absolute atomic E-state index is 12.8. The summed E-state index contributed by atoms with van der Waals surface area (Å²) in [6.07, 6.45) is 9.42. The number of benzene rings is 2. The molecule has 0 aliphatic carbocycles. The molecule has 0 aromatic heterocycles. The Kier molecular flexibility index (Phi) is 19.5. The van der Waals surface area contributed by atoms with E-state index in [1.807, 2.05) is 60.7 Å². The van der Waals surface area contributed by atoms with Crippen LogP contribution >= 0.6 is 7.82 Å². The van der Waals surface area contributed by atoms with Gasteiger partial charge in [-0.25, -0.2) is 4.57 Å². The summed E-state index contributed by atoms with van der Waals surface area (Å²) in [5.41, 5.74) is 0. The summed E-state index contributed by atoms with van der Waals surface area (Å²) in [5.74, 6) is 1.55. The molecule has 0 saturated carbocycles. The van der Waals surface area contributed by atoms with Crippen molar-refractivity contribution >= 4 is 7.82 Å². The van der Waals surface area contributed by atoms with Crippen LogP contribution in [-0.2, 0) is 23.1 Å². The Hall–Kier alpha value is -1.93. The number of phosphoric acid groups is 1. The van der Waals surface area contributed by atoms with Gasteiger partial charge in [0.05, 0.1) is 38.6 Å². The van der Waals surface area contributed by atoms with E-state index < -0.39 is 7.82 Å². The van der Waals surface area contributed by atoms with E-state index in [1.54, 1.807) is 0 Å². The zero-order valence-electron chi connectivity index (χ0n) is 25.0. The van der Waals surface area contributed by atoms with Crippen molar-refractivity contribution in [1.29, 1.82) is 0 Å². The molecular weight excluding hydrogens is 543 g/mol. The van der Waals surface area contributed by atoms with Gasteiger partial charge in [0.1, 0.15) is 24.7 Å². The maximum Gasteiger partial charge on any atom is 0.472 e. The Morgan fingerprint density at radius 2 is 1.02 bits per heavy atom. The van der Waals surface area contributed by atoms with Crippen LogP contribution in [0, 0.1) is 0 Å². The molecule has 1 N–H and O–H groups in total. The van der Waals surface area contributed by atoms with Crippen LogP contribution in [0.4, 0.5) is 0 Å². The standard InChI is InChI=1S/C32H51O8P/c1-3-5-7-11-21-31(37-25-23-35-29-17-13-9-14-18-29)27-39-41(33,34)40-28-32(22-12-8-6-4-2)38-26-24-36-30-19-15-10-16-20-30/h9-10,13-20,31-32H,3-8,11-12,21-28H2,1-2H3,(H,33,34). The van der Waals surface area contributed by atoms with Crippen LogP contribution in [0.25, 0.3) is 0 Å². The average Bonchev–Trinajstić information content (AvgIpc) is 2.99. The lowest BCUT2D eigenvalue weighted by molar-refractivity contribution is -0.0229. The first-order valence-corrected chi connectivity index (χ1v) is 16.7. The predicted octanol–water partition coefficient (Wildman–Crippen LogP) is 7.99. The predicted molar refractivity (Wildman–Crippen MR) is 163 cm³/mol. The zero-order chi connectivity index (χ0) is 29.4. The molecule has 2 rings (SSSR count). The molecule has 0 aliphatic heterocycles. The van der Waals surface area contributed by atoms with Gasteiger partial charge in [0, 0.05) is 0 Å². The number of hydrogen-bond donors (Lipinski definition) is 1. The van der Waals surface area contributed by atoms with Crippen molar-refractivity contribution in [2.24, 2.45) is 0 Å². The molecule has 0 bridgehead atoms. The summed E-state index contributed by atoms with van der Waals surface area (Å²) in [7, 11) is -4.29. The SMILES string of the molecule is CCCCCCC(COP(=O)(O)OCC(CCCCCC)OCCOc1ccccc1)OCCOc1ccccc1.